The zero-order valence-corrected chi connectivity index (χ0v) is 20.2. The summed E-state index contributed by atoms with van der Waals surface area (Å²) < 4.78 is 5.34. The zero-order valence-electron chi connectivity index (χ0n) is 17.9. The van der Waals surface area contributed by atoms with Gasteiger partial charge in [-0.15, -0.1) is 24.0 Å². The van der Waals surface area contributed by atoms with Gasteiger partial charge in [-0.05, 0) is 45.6 Å². The maximum atomic E-state index is 12.0. The van der Waals surface area contributed by atoms with E-state index in [2.05, 4.69) is 58.6 Å². The number of halogens is 1. The SMILES string of the molecule is CN=C(NCC(C)c1cccc(C)c1)N1CCC(NC(=O)OC(C)(C)C)C1.I. The number of ether oxygens (including phenoxy) is 1. The maximum absolute atomic E-state index is 12.0. The normalized spacial score (nSPS) is 18.3. The second-order valence-electron chi connectivity index (χ2n) is 8.32. The molecule has 2 N–H and O–H groups in total. The lowest BCUT2D eigenvalue weighted by atomic mass is 9.99. The number of aryl methyl sites for hydroxylation is 1. The first-order chi connectivity index (χ1) is 12.7. The smallest absolute Gasteiger partial charge is 0.407 e. The van der Waals surface area contributed by atoms with Gasteiger partial charge >= 0.3 is 6.09 Å². The molecule has 2 rings (SSSR count). The molecule has 2 unspecified atom stereocenters. The molecule has 0 spiro atoms. The minimum atomic E-state index is -0.480. The van der Waals surface area contributed by atoms with Gasteiger partial charge in [0.2, 0.25) is 0 Å². The van der Waals surface area contributed by atoms with E-state index < -0.39 is 5.60 Å². The number of aliphatic imine (C=N–C) groups is 1. The number of nitrogens with zero attached hydrogens (tertiary/aromatic N) is 2. The number of hydrogen-bond acceptors (Lipinski definition) is 3. The highest BCUT2D eigenvalue weighted by Gasteiger charge is 2.28. The van der Waals surface area contributed by atoms with E-state index in [1.54, 1.807) is 7.05 Å². The van der Waals surface area contributed by atoms with Crippen LogP contribution in [0, 0.1) is 6.92 Å². The molecule has 0 saturated carbocycles. The van der Waals surface area contributed by atoms with E-state index in [1.165, 1.54) is 11.1 Å². The Bertz CT molecular complexity index is 673. The van der Waals surface area contributed by atoms with Gasteiger partial charge in [-0.25, -0.2) is 4.79 Å². The van der Waals surface area contributed by atoms with Crippen LogP contribution in [0.3, 0.4) is 0 Å². The number of amides is 1. The van der Waals surface area contributed by atoms with Crippen LogP contribution in [0.5, 0.6) is 0 Å². The predicted molar refractivity (Wildman–Crippen MR) is 126 cm³/mol. The van der Waals surface area contributed by atoms with Crippen molar-refractivity contribution in [3.63, 3.8) is 0 Å². The molecular formula is C21H35IN4O2. The third-order valence-electron chi connectivity index (χ3n) is 4.60. The fourth-order valence-corrected chi connectivity index (χ4v) is 3.22. The predicted octanol–water partition coefficient (Wildman–Crippen LogP) is 3.89. The molecular weight excluding hydrogens is 467 g/mol. The number of nitrogens with one attached hydrogen (secondary N) is 2. The van der Waals surface area contributed by atoms with Crippen molar-refractivity contribution < 1.29 is 9.53 Å². The molecule has 7 heteroatoms. The summed E-state index contributed by atoms with van der Waals surface area (Å²) >= 11 is 0. The van der Waals surface area contributed by atoms with Crippen molar-refractivity contribution in [1.29, 1.82) is 0 Å². The largest absolute Gasteiger partial charge is 0.444 e. The van der Waals surface area contributed by atoms with Gasteiger partial charge in [0, 0.05) is 26.7 Å². The van der Waals surface area contributed by atoms with Crippen LogP contribution in [-0.2, 0) is 4.74 Å². The van der Waals surface area contributed by atoms with E-state index in [4.69, 9.17) is 4.74 Å². The Labute approximate surface area is 186 Å². The molecule has 28 heavy (non-hydrogen) atoms. The van der Waals surface area contributed by atoms with Gasteiger partial charge in [0.25, 0.3) is 0 Å². The number of carbonyl (C=O) groups excluding carboxylic acids is 1. The number of carbonyl (C=O) groups is 1. The van der Waals surface area contributed by atoms with Crippen molar-refractivity contribution in [2.75, 3.05) is 26.7 Å². The summed E-state index contributed by atoms with van der Waals surface area (Å²) in [4.78, 5) is 18.6. The van der Waals surface area contributed by atoms with Gasteiger partial charge in [-0.1, -0.05) is 36.8 Å². The minimum Gasteiger partial charge on any atom is -0.444 e. The first-order valence-electron chi connectivity index (χ1n) is 9.69. The van der Waals surface area contributed by atoms with E-state index in [-0.39, 0.29) is 36.1 Å². The fourth-order valence-electron chi connectivity index (χ4n) is 3.22. The van der Waals surface area contributed by atoms with Crippen LogP contribution in [-0.4, -0.2) is 55.3 Å². The Morgan fingerprint density at radius 1 is 1.39 bits per heavy atom. The van der Waals surface area contributed by atoms with E-state index in [1.807, 2.05) is 20.8 Å². The van der Waals surface area contributed by atoms with Gasteiger partial charge in [0.1, 0.15) is 5.60 Å². The van der Waals surface area contributed by atoms with Crippen LogP contribution in [0.25, 0.3) is 0 Å². The summed E-state index contributed by atoms with van der Waals surface area (Å²) in [5.41, 5.74) is 2.12. The Morgan fingerprint density at radius 2 is 2.11 bits per heavy atom. The molecule has 0 radical (unpaired) electrons. The summed E-state index contributed by atoms with van der Waals surface area (Å²) in [5, 5.41) is 6.43. The molecule has 0 bridgehead atoms. The molecule has 1 aromatic rings. The van der Waals surface area contributed by atoms with E-state index >= 15 is 0 Å². The Hall–Kier alpha value is -1.51. The molecule has 158 valence electrons. The van der Waals surface area contributed by atoms with Crippen LogP contribution >= 0.6 is 24.0 Å². The van der Waals surface area contributed by atoms with Gasteiger partial charge in [-0.2, -0.15) is 0 Å². The molecule has 1 aliphatic rings. The number of likely N-dealkylation sites (tertiary alicyclic amines) is 1. The highest BCUT2D eigenvalue weighted by molar-refractivity contribution is 14.0. The number of alkyl carbamates (subject to hydrolysis) is 1. The van der Waals surface area contributed by atoms with Crippen molar-refractivity contribution in [3.8, 4) is 0 Å². The van der Waals surface area contributed by atoms with Crippen LogP contribution in [0.15, 0.2) is 29.3 Å². The average molecular weight is 502 g/mol. The quantitative estimate of drug-likeness (QED) is 0.373. The highest BCUT2D eigenvalue weighted by atomic mass is 127. The number of benzene rings is 1. The van der Waals surface area contributed by atoms with Gasteiger partial charge < -0.3 is 20.3 Å². The van der Waals surface area contributed by atoms with Gasteiger partial charge in [-0.3, -0.25) is 4.99 Å². The lowest BCUT2D eigenvalue weighted by molar-refractivity contribution is 0.0507. The molecule has 6 nitrogen and oxygen atoms in total. The van der Waals surface area contributed by atoms with E-state index in [0.717, 1.165) is 32.0 Å². The average Bonchev–Trinajstić information content (AvgIpc) is 3.01. The molecule has 1 aromatic carbocycles. The summed E-state index contributed by atoms with van der Waals surface area (Å²) in [6.45, 7) is 12.3. The van der Waals surface area contributed by atoms with Crippen molar-refractivity contribution in [2.45, 2.75) is 58.6 Å². The van der Waals surface area contributed by atoms with E-state index in [0.29, 0.717) is 5.92 Å². The summed E-state index contributed by atoms with van der Waals surface area (Å²) in [6.07, 6.45) is 0.526. The van der Waals surface area contributed by atoms with Gasteiger partial charge in [0.15, 0.2) is 5.96 Å². The van der Waals surface area contributed by atoms with Crippen LogP contribution < -0.4 is 10.6 Å². The molecule has 1 aliphatic heterocycles. The van der Waals surface area contributed by atoms with Crippen molar-refractivity contribution >= 4 is 36.0 Å². The summed E-state index contributed by atoms with van der Waals surface area (Å²) in [5.74, 6) is 1.27. The molecule has 0 aromatic heterocycles. The lowest BCUT2D eigenvalue weighted by Crippen LogP contribution is -2.44. The third kappa shape index (κ3) is 7.85. The first-order valence-corrected chi connectivity index (χ1v) is 9.69. The Morgan fingerprint density at radius 3 is 2.71 bits per heavy atom. The molecule has 1 amide bonds. The van der Waals surface area contributed by atoms with Crippen LogP contribution in [0.1, 0.15) is 51.2 Å². The van der Waals surface area contributed by atoms with Crippen molar-refractivity contribution in [2.24, 2.45) is 4.99 Å². The standard InChI is InChI=1S/C21H34N4O2.HI/c1-15-8-7-9-17(12-15)16(2)13-23-19(22-6)25-11-10-18(14-25)24-20(26)27-21(3,4)5;/h7-9,12,16,18H,10-11,13-14H2,1-6H3,(H,22,23)(H,24,26);1H. The molecule has 2 atom stereocenters. The zero-order chi connectivity index (χ0) is 20.0. The number of hydrogen-bond donors (Lipinski definition) is 2. The Balaban J connectivity index is 0.00000392. The Kier molecular flexibility index (Phi) is 9.53. The third-order valence-corrected chi connectivity index (χ3v) is 4.60. The fraction of sp³-hybridized carbons (Fsp3) is 0.619. The molecule has 1 fully saturated rings. The molecule has 1 heterocycles. The molecule has 1 saturated heterocycles. The maximum Gasteiger partial charge on any atom is 0.407 e. The minimum absolute atomic E-state index is 0. The van der Waals surface area contributed by atoms with Crippen molar-refractivity contribution in [3.05, 3.63) is 35.4 Å². The molecule has 0 aliphatic carbocycles. The monoisotopic (exact) mass is 502 g/mol. The first kappa shape index (κ1) is 24.5. The van der Waals surface area contributed by atoms with Crippen LogP contribution in [0.4, 0.5) is 4.79 Å². The second kappa shape index (κ2) is 10.9. The second-order valence-corrected chi connectivity index (χ2v) is 8.32. The topological polar surface area (TPSA) is 66.0 Å². The highest BCUT2D eigenvalue weighted by Crippen LogP contribution is 2.16. The number of guanidine groups is 1. The van der Waals surface area contributed by atoms with Crippen molar-refractivity contribution in [1.82, 2.24) is 15.5 Å². The lowest BCUT2D eigenvalue weighted by Gasteiger charge is -2.24. The number of rotatable bonds is 4. The van der Waals surface area contributed by atoms with Crippen LogP contribution in [0.2, 0.25) is 0 Å². The summed E-state index contributed by atoms with van der Waals surface area (Å²) in [6, 6.07) is 8.69. The summed E-state index contributed by atoms with van der Waals surface area (Å²) in [7, 11) is 1.80. The van der Waals surface area contributed by atoms with Gasteiger partial charge in [0.05, 0.1) is 6.04 Å². The van der Waals surface area contributed by atoms with E-state index in [9.17, 15) is 4.79 Å².